The first-order valence-electron chi connectivity index (χ1n) is 9.81. The molecular weight excluding hydrogens is 373 g/mol. The van der Waals surface area contributed by atoms with Crippen molar-refractivity contribution in [2.45, 2.75) is 46.6 Å². The van der Waals surface area contributed by atoms with Gasteiger partial charge in [0, 0.05) is 23.5 Å². The molecule has 7 heteroatoms. The van der Waals surface area contributed by atoms with Gasteiger partial charge in [0.15, 0.2) is 11.5 Å². The highest BCUT2D eigenvalue weighted by Gasteiger charge is 2.35. The van der Waals surface area contributed by atoms with E-state index in [-0.39, 0.29) is 23.3 Å². The highest BCUT2D eigenvalue weighted by atomic mass is 19.1. The monoisotopic (exact) mass is 399 g/mol. The number of benzene rings is 1. The van der Waals surface area contributed by atoms with Crippen molar-refractivity contribution in [2.24, 2.45) is 11.8 Å². The minimum atomic E-state index is -0.607. The van der Waals surface area contributed by atoms with E-state index in [1.165, 1.54) is 23.1 Å². The maximum Gasteiger partial charge on any atom is 0.280 e. The zero-order valence-corrected chi connectivity index (χ0v) is 17.1. The summed E-state index contributed by atoms with van der Waals surface area (Å²) in [5.41, 5.74) is 1.43. The Morgan fingerprint density at radius 1 is 1.21 bits per heavy atom. The molecule has 1 aliphatic rings. The molecule has 0 unspecified atom stereocenters. The SMILES string of the molecule is CC(C)CC1=CN(C(=O)c2cc(-c3ccc(F)cc3)on2)[C@@H](CC(C)C)C(=O)N1. The zero-order chi connectivity index (χ0) is 21.1. The van der Waals surface area contributed by atoms with E-state index in [0.29, 0.717) is 35.8 Å². The first-order valence-corrected chi connectivity index (χ1v) is 9.81. The summed E-state index contributed by atoms with van der Waals surface area (Å²) in [5.74, 6) is -0.0216. The van der Waals surface area contributed by atoms with Gasteiger partial charge in [-0.15, -0.1) is 0 Å². The molecule has 2 heterocycles. The van der Waals surface area contributed by atoms with E-state index >= 15 is 0 Å². The smallest absolute Gasteiger partial charge is 0.280 e. The van der Waals surface area contributed by atoms with Crippen LogP contribution in [-0.4, -0.2) is 27.9 Å². The van der Waals surface area contributed by atoms with Gasteiger partial charge in [-0.05, 0) is 48.9 Å². The quantitative estimate of drug-likeness (QED) is 0.783. The zero-order valence-electron chi connectivity index (χ0n) is 17.1. The summed E-state index contributed by atoms with van der Waals surface area (Å²) in [6.07, 6.45) is 2.90. The van der Waals surface area contributed by atoms with E-state index in [2.05, 4.69) is 10.5 Å². The number of aromatic nitrogens is 1. The average Bonchev–Trinajstić information content (AvgIpc) is 3.13. The van der Waals surface area contributed by atoms with Crippen LogP contribution in [0, 0.1) is 17.7 Å². The van der Waals surface area contributed by atoms with E-state index in [1.54, 1.807) is 18.3 Å². The number of hydrogen-bond donors (Lipinski definition) is 1. The topological polar surface area (TPSA) is 75.4 Å². The summed E-state index contributed by atoms with van der Waals surface area (Å²) in [6, 6.07) is 6.65. The first kappa shape index (κ1) is 20.8. The molecule has 0 bridgehead atoms. The van der Waals surface area contributed by atoms with Crippen LogP contribution >= 0.6 is 0 Å². The van der Waals surface area contributed by atoms with Crippen molar-refractivity contribution in [3.8, 4) is 11.3 Å². The van der Waals surface area contributed by atoms with Crippen molar-refractivity contribution in [3.63, 3.8) is 0 Å². The lowest BCUT2D eigenvalue weighted by molar-refractivity contribution is -0.125. The standard InChI is InChI=1S/C22H26FN3O3/c1-13(2)9-17-12-26(19(10-14(3)4)21(27)24-17)22(28)18-11-20(29-25-18)15-5-7-16(23)8-6-15/h5-8,11-14,19H,9-10H2,1-4H3,(H,24,27)/t19-/m0/s1. The number of amides is 2. The molecule has 2 aromatic rings. The van der Waals surface area contributed by atoms with Gasteiger partial charge in [0.2, 0.25) is 5.91 Å². The predicted molar refractivity (Wildman–Crippen MR) is 107 cm³/mol. The first-order chi connectivity index (χ1) is 13.7. The molecule has 0 saturated carbocycles. The van der Waals surface area contributed by atoms with Gasteiger partial charge < -0.3 is 9.84 Å². The Labute approximate surface area is 169 Å². The van der Waals surface area contributed by atoms with Crippen LogP contribution < -0.4 is 5.32 Å². The molecule has 0 saturated heterocycles. The molecule has 3 rings (SSSR count). The summed E-state index contributed by atoms with van der Waals surface area (Å²) < 4.78 is 18.4. The summed E-state index contributed by atoms with van der Waals surface area (Å²) >= 11 is 0. The van der Waals surface area contributed by atoms with Crippen LogP contribution in [0.5, 0.6) is 0 Å². The summed E-state index contributed by atoms with van der Waals surface area (Å²) in [5, 5.41) is 6.82. The number of nitrogens with zero attached hydrogens (tertiary/aromatic N) is 2. The van der Waals surface area contributed by atoms with Crippen LogP contribution in [0.15, 0.2) is 46.8 Å². The molecule has 29 heavy (non-hydrogen) atoms. The summed E-state index contributed by atoms with van der Waals surface area (Å²) in [7, 11) is 0. The van der Waals surface area contributed by atoms with Gasteiger partial charge in [-0.1, -0.05) is 32.9 Å². The fourth-order valence-electron chi connectivity index (χ4n) is 3.33. The molecule has 2 amide bonds. The predicted octanol–water partition coefficient (Wildman–Crippen LogP) is 4.35. The van der Waals surface area contributed by atoms with Gasteiger partial charge in [0.1, 0.15) is 11.9 Å². The molecule has 0 spiro atoms. The van der Waals surface area contributed by atoms with Gasteiger partial charge >= 0.3 is 0 Å². The molecule has 1 atom stereocenters. The summed E-state index contributed by atoms with van der Waals surface area (Å²) in [6.45, 7) is 8.11. The van der Waals surface area contributed by atoms with Crippen molar-refractivity contribution < 1.29 is 18.5 Å². The van der Waals surface area contributed by atoms with Crippen molar-refractivity contribution in [3.05, 3.63) is 53.7 Å². The maximum atomic E-state index is 13.2. The van der Waals surface area contributed by atoms with Crippen LogP contribution in [-0.2, 0) is 4.79 Å². The van der Waals surface area contributed by atoms with Crippen LogP contribution in [0.4, 0.5) is 4.39 Å². The van der Waals surface area contributed by atoms with Crippen LogP contribution in [0.3, 0.4) is 0 Å². The second kappa shape index (κ2) is 8.59. The molecule has 0 aliphatic carbocycles. The van der Waals surface area contributed by atoms with Crippen molar-refractivity contribution >= 4 is 11.8 Å². The van der Waals surface area contributed by atoms with Gasteiger partial charge in [-0.2, -0.15) is 0 Å². The molecule has 0 fully saturated rings. The highest BCUT2D eigenvalue weighted by Crippen LogP contribution is 2.25. The second-order valence-electron chi connectivity index (χ2n) is 8.18. The number of nitrogens with one attached hydrogen (secondary N) is 1. The largest absolute Gasteiger partial charge is 0.355 e. The van der Waals surface area contributed by atoms with E-state index in [9.17, 15) is 14.0 Å². The van der Waals surface area contributed by atoms with Crippen molar-refractivity contribution in [1.82, 2.24) is 15.4 Å². The number of rotatable bonds is 6. The van der Waals surface area contributed by atoms with E-state index in [0.717, 1.165) is 0 Å². The Bertz CT molecular complexity index is 916. The van der Waals surface area contributed by atoms with Crippen LogP contribution in [0.2, 0.25) is 0 Å². The lowest BCUT2D eigenvalue weighted by Gasteiger charge is -2.34. The number of carbonyl (C=O) groups is 2. The summed E-state index contributed by atoms with van der Waals surface area (Å²) in [4.78, 5) is 27.3. The molecule has 1 aromatic heterocycles. The number of carbonyl (C=O) groups excluding carboxylic acids is 2. The third-order valence-corrected chi connectivity index (χ3v) is 4.63. The number of allylic oxidation sites excluding steroid dienone is 1. The van der Waals surface area contributed by atoms with Gasteiger partial charge in [0.25, 0.3) is 5.91 Å². The normalized spacial score (nSPS) is 16.9. The Morgan fingerprint density at radius 3 is 2.52 bits per heavy atom. The Kier molecular flexibility index (Phi) is 6.15. The van der Waals surface area contributed by atoms with E-state index < -0.39 is 11.9 Å². The molecular formula is C22H26FN3O3. The molecule has 154 valence electrons. The van der Waals surface area contributed by atoms with Crippen LogP contribution in [0.25, 0.3) is 11.3 Å². The molecule has 1 aliphatic heterocycles. The molecule has 0 radical (unpaired) electrons. The molecule has 1 N–H and O–H groups in total. The van der Waals surface area contributed by atoms with Crippen LogP contribution in [0.1, 0.15) is 51.0 Å². The van der Waals surface area contributed by atoms with Crippen molar-refractivity contribution in [1.29, 1.82) is 0 Å². The Morgan fingerprint density at radius 2 is 1.90 bits per heavy atom. The van der Waals surface area contributed by atoms with Gasteiger partial charge in [-0.25, -0.2) is 4.39 Å². The van der Waals surface area contributed by atoms with Gasteiger partial charge in [0.05, 0.1) is 0 Å². The fraction of sp³-hybridized carbons (Fsp3) is 0.409. The van der Waals surface area contributed by atoms with E-state index in [4.69, 9.17) is 4.52 Å². The lowest BCUT2D eigenvalue weighted by Crippen LogP contribution is -2.51. The lowest BCUT2D eigenvalue weighted by atomic mass is 9.98. The van der Waals surface area contributed by atoms with Gasteiger partial charge in [-0.3, -0.25) is 14.5 Å². The average molecular weight is 399 g/mol. The molecule has 6 nitrogen and oxygen atoms in total. The number of halogens is 1. The minimum absolute atomic E-state index is 0.105. The third kappa shape index (κ3) is 4.91. The van der Waals surface area contributed by atoms with E-state index in [1.807, 2.05) is 27.7 Å². The Hall–Kier alpha value is -2.96. The maximum absolute atomic E-state index is 13.2. The highest BCUT2D eigenvalue weighted by molar-refractivity contribution is 5.98. The Balaban J connectivity index is 1.90. The second-order valence-corrected chi connectivity index (χ2v) is 8.18. The van der Waals surface area contributed by atoms with Crippen molar-refractivity contribution in [2.75, 3.05) is 0 Å². The minimum Gasteiger partial charge on any atom is -0.355 e. The third-order valence-electron chi connectivity index (χ3n) is 4.63. The fourth-order valence-corrected chi connectivity index (χ4v) is 3.33. The number of hydrogen-bond acceptors (Lipinski definition) is 4. The molecule has 1 aromatic carbocycles.